The predicted octanol–water partition coefficient (Wildman–Crippen LogP) is 2.94. The summed E-state index contributed by atoms with van der Waals surface area (Å²) >= 11 is 0. The van der Waals surface area contributed by atoms with Crippen molar-refractivity contribution in [3.63, 3.8) is 0 Å². The van der Waals surface area contributed by atoms with E-state index in [1.165, 1.54) is 12.1 Å². The number of Topliss-reactive ketones (excluding diaryl/α,β-unsaturated/α-hetero) is 1. The minimum Gasteiger partial charge on any atom is -0.494 e. The quantitative estimate of drug-likeness (QED) is 0.860. The topological polar surface area (TPSA) is 38.3 Å². The maximum atomic E-state index is 13.6. The molecule has 0 amide bonds. The van der Waals surface area contributed by atoms with Crippen LogP contribution in [0, 0.1) is 11.7 Å². The molecule has 0 aromatic heterocycles. The molecule has 1 N–H and O–H groups in total. The molecule has 2 saturated heterocycles. The van der Waals surface area contributed by atoms with Crippen molar-refractivity contribution in [2.24, 2.45) is 5.92 Å². The van der Waals surface area contributed by atoms with Crippen LogP contribution in [-0.4, -0.2) is 24.5 Å². The lowest BCUT2D eigenvalue weighted by Gasteiger charge is -2.28. The minimum atomic E-state index is -0.406. The first-order valence-corrected chi connectivity index (χ1v) is 7.39. The molecule has 1 aromatic carbocycles. The molecule has 1 aromatic rings. The molecule has 0 saturated carbocycles. The van der Waals surface area contributed by atoms with Gasteiger partial charge in [-0.1, -0.05) is 0 Å². The van der Waals surface area contributed by atoms with Gasteiger partial charge in [-0.25, -0.2) is 4.39 Å². The van der Waals surface area contributed by atoms with Gasteiger partial charge in [-0.3, -0.25) is 4.79 Å². The normalized spacial score (nSPS) is 28.4. The first-order chi connectivity index (χ1) is 9.65. The average molecular weight is 277 g/mol. The van der Waals surface area contributed by atoms with Crippen LogP contribution in [0.15, 0.2) is 18.2 Å². The predicted molar refractivity (Wildman–Crippen MR) is 74.6 cm³/mol. The highest BCUT2D eigenvalue weighted by Gasteiger charge is 2.36. The SMILES string of the molecule is CCOc1cc(F)cc(C(=O)C2CC3CCC(C2)N3)c1. The summed E-state index contributed by atoms with van der Waals surface area (Å²) in [7, 11) is 0. The number of benzene rings is 1. The molecule has 108 valence electrons. The van der Waals surface area contributed by atoms with E-state index in [2.05, 4.69) is 5.32 Å². The maximum Gasteiger partial charge on any atom is 0.166 e. The molecule has 2 aliphatic rings. The Kier molecular flexibility index (Phi) is 3.74. The van der Waals surface area contributed by atoms with Crippen molar-refractivity contribution in [1.29, 1.82) is 0 Å². The highest BCUT2D eigenvalue weighted by molar-refractivity contribution is 5.98. The summed E-state index contributed by atoms with van der Waals surface area (Å²) in [6, 6.07) is 5.24. The van der Waals surface area contributed by atoms with Gasteiger partial charge in [0.25, 0.3) is 0 Å². The Morgan fingerprint density at radius 1 is 1.30 bits per heavy atom. The van der Waals surface area contributed by atoms with Crippen molar-refractivity contribution in [3.8, 4) is 5.75 Å². The Morgan fingerprint density at radius 2 is 2.00 bits per heavy atom. The van der Waals surface area contributed by atoms with Crippen molar-refractivity contribution in [2.75, 3.05) is 6.61 Å². The second-order valence-corrected chi connectivity index (χ2v) is 5.78. The number of halogens is 1. The molecule has 0 spiro atoms. The highest BCUT2D eigenvalue weighted by Crippen LogP contribution is 2.33. The number of ether oxygens (including phenoxy) is 1. The summed E-state index contributed by atoms with van der Waals surface area (Å²) in [5.41, 5.74) is 0.444. The van der Waals surface area contributed by atoms with E-state index >= 15 is 0 Å². The monoisotopic (exact) mass is 277 g/mol. The summed E-state index contributed by atoms with van der Waals surface area (Å²) < 4.78 is 18.9. The van der Waals surface area contributed by atoms with Crippen molar-refractivity contribution in [1.82, 2.24) is 5.32 Å². The summed E-state index contributed by atoms with van der Waals surface area (Å²) in [6.45, 7) is 2.31. The summed E-state index contributed by atoms with van der Waals surface area (Å²) in [4.78, 5) is 12.6. The van der Waals surface area contributed by atoms with Crippen LogP contribution in [0.5, 0.6) is 5.75 Å². The smallest absolute Gasteiger partial charge is 0.166 e. The van der Waals surface area contributed by atoms with Gasteiger partial charge in [-0.15, -0.1) is 0 Å². The Hall–Kier alpha value is -1.42. The molecular formula is C16H20FNO2. The Bertz CT molecular complexity index is 505. The molecular weight excluding hydrogens is 257 g/mol. The lowest BCUT2D eigenvalue weighted by Crippen LogP contribution is -2.40. The van der Waals surface area contributed by atoms with Crippen LogP contribution >= 0.6 is 0 Å². The number of nitrogens with one attached hydrogen (secondary N) is 1. The van der Waals surface area contributed by atoms with Gasteiger partial charge in [-0.2, -0.15) is 0 Å². The molecule has 2 atom stereocenters. The third-order valence-electron chi connectivity index (χ3n) is 4.31. The number of carbonyl (C=O) groups excluding carboxylic acids is 1. The summed E-state index contributed by atoms with van der Waals surface area (Å²) in [5.74, 6) is 0.109. The molecule has 3 rings (SSSR count). The molecule has 20 heavy (non-hydrogen) atoms. The van der Waals surface area contributed by atoms with Crippen LogP contribution in [0.3, 0.4) is 0 Å². The fraction of sp³-hybridized carbons (Fsp3) is 0.562. The number of rotatable bonds is 4. The third kappa shape index (κ3) is 2.70. The van der Waals surface area contributed by atoms with Crippen LogP contribution in [-0.2, 0) is 0 Å². The number of carbonyl (C=O) groups is 1. The number of hydrogen-bond acceptors (Lipinski definition) is 3. The number of hydrogen-bond donors (Lipinski definition) is 1. The number of fused-ring (bicyclic) bond motifs is 2. The van der Waals surface area contributed by atoms with Crippen LogP contribution in [0.25, 0.3) is 0 Å². The largest absolute Gasteiger partial charge is 0.494 e. The zero-order valence-electron chi connectivity index (χ0n) is 11.7. The molecule has 0 radical (unpaired) electrons. The van der Waals surface area contributed by atoms with E-state index in [0.717, 1.165) is 25.7 Å². The molecule has 4 heteroatoms. The van der Waals surface area contributed by atoms with E-state index in [0.29, 0.717) is 30.0 Å². The van der Waals surface area contributed by atoms with Crippen LogP contribution in [0.1, 0.15) is 43.0 Å². The molecule has 0 aliphatic carbocycles. The van der Waals surface area contributed by atoms with E-state index in [1.807, 2.05) is 6.92 Å². The standard InChI is InChI=1S/C16H20FNO2/c1-2-20-15-8-10(5-12(17)9-15)16(19)11-6-13-3-4-14(7-11)18-13/h5,8-9,11,13-14,18H,2-4,6-7H2,1H3. The van der Waals surface area contributed by atoms with E-state index in [9.17, 15) is 9.18 Å². The van der Waals surface area contributed by atoms with Crippen molar-refractivity contribution in [2.45, 2.75) is 44.7 Å². The van der Waals surface area contributed by atoms with Gasteiger partial charge >= 0.3 is 0 Å². The molecule has 2 heterocycles. The van der Waals surface area contributed by atoms with Crippen molar-refractivity contribution in [3.05, 3.63) is 29.6 Å². The second-order valence-electron chi connectivity index (χ2n) is 5.78. The Morgan fingerprint density at radius 3 is 2.65 bits per heavy atom. The second kappa shape index (κ2) is 5.52. The van der Waals surface area contributed by atoms with Crippen LogP contribution in [0.2, 0.25) is 0 Å². The van der Waals surface area contributed by atoms with Gasteiger partial charge in [0.1, 0.15) is 11.6 Å². The number of piperidine rings is 1. The first-order valence-electron chi connectivity index (χ1n) is 7.39. The molecule has 2 bridgehead atoms. The lowest BCUT2D eigenvalue weighted by molar-refractivity contribution is 0.0874. The van der Waals surface area contributed by atoms with Gasteiger partial charge in [0.2, 0.25) is 0 Å². The van der Waals surface area contributed by atoms with Gasteiger partial charge in [0.15, 0.2) is 5.78 Å². The van der Waals surface area contributed by atoms with Gasteiger partial charge in [0.05, 0.1) is 6.61 Å². The minimum absolute atomic E-state index is 0.0185. The molecule has 2 unspecified atom stereocenters. The van der Waals surface area contributed by atoms with E-state index in [4.69, 9.17) is 4.74 Å². The Labute approximate surface area is 118 Å². The van der Waals surface area contributed by atoms with Gasteiger partial charge in [0, 0.05) is 29.6 Å². The first kappa shape index (κ1) is 13.6. The van der Waals surface area contributed by atoms with Gasteiger partial charge in [-0.05, 0) is 44.7 Å². The zero-order valence-corrected chi connectivity index (χ0v) is 11.7. The fourth-order valence-corrected chi connectivity index (χ4v) is 3.46. The van der Waals surface area contributed by atoms with Crippen LogP contribution in [0.4, 0.5) is 4.39 Å². The lowest BCUT2D eigenvalue weighted by atomic mass is 9.86. The van der Waals surface area contributed by atoms with E-state index in [1.54, 1.807) is 6.07 Å². The van der Waals surface area contributed by atoms with Gasteiger partial charge < -0.3 is 10.1 Å². The maximum absolute atomic E-state index is 13.6. The van der Waals surface area contributed by atoms with E-state index in [-0.39, 0.29) is 11.7 Å². The number of ketones is 1. The fourth-order valence-electron chi connectivity index (χ4n) is 3.46. The molecule has 2 fully saturated rings. The third-order valence-corrected chi connectivity index (χ3v) is 4.31. The average Bonchev–Trinajstić information content (AvgIpc) is 2.76. The summed E-state index contributed by atoms with van der Waals surface area (Å²) in [6.07, 6.45) is 4.05. The Balaban J connectivity index is 1.79. The van der Waals surface area contributed by atoms with Crippen molar-refractivity contribution >= 4 is 5.78 Å². The highest BCUT2D eigenvalue weighted by atomic mass is 19.1. The molecule has 2 aliphatic heterocycles. The van der Waals surface area contributed by atoms with Crippen molar-refractivity contribution < 1.29 is 13.9 Å². The van der Waals surface area contributed by atoms with Crippen LogP contribution < -0.4 is 10.1 Å². The summed E-state index contributed by atoms with van der Waals surface area (Å²) in [5, 5.41) is 3.52. The van der Waals surface area contributed by atoms with E-state index < -0.39 is 5.82 Å². The molecule has 3 nitrogen and oxygen atoms in total. The zero-order chi connectivity index (χ0) is 14.1.